The van der Waals surface area contributed by atoms with Crippen molar-refractivity contribution in [2.75, 3.05) is 11.4 Å². The van der Waals surface area contributed by atoms with Crippen LogP contribution in [0.5, 0.6) is 0 Å². The van der Waals surface area contributed by atoms with E-state index in [1.165, 1.54) is 5.56 Å². The molecule has 2 heterocycles. The Hall–Kier alpha value is -1.33. The van der Waals surface area contributed by atoms with Gasteiger partial charge in [-0.15, -0.1) is 11.3 Å². The predicted octanol–water partition coefficient (Wildman–Crippen LogP) is 3.52. The highest BCUT2D eigenvalue weighted by molar-refractivity contribution is 8.02. The molecule has 104 valence electrons. The summed E-state index contributed by atoms with van der Waals surface area (Å²) in [5.74, 6) is 0.174. The first-order valence-electron chi connectivity index (χ1n) is 6.63. The van der Waals surface area contributed by atoms with E-state index in [2.05, 4.69) is 11.1 Å². The number of aryl methyl sites for hydroxylation is 1. The third kappa shape index (κ3) is 2.60. The lowest BCUT2D eigenvalue weighted by atomic mass is 10.2. The fourth-order valence-electron chi connectivity index (χ4n) is 2.37. The van der Waals surface area contributed by atoms with Crippen molar-refractivity contribution in [2.45, 2.75) is 29.9 Å². The van der Waals surface area contributed by atoms with Gasteiger partial charge in [0, 0.05) is 23.3 Å². The molecule has 0 radical (unpaired) electrons. The first kappa shape index (κ1) is 13.6. The van der Waals surface area contributed by atoms with E-state index in [-0.39, 0.29) is 11.2 Å². The number of carbonyl (C=O) groups is 1. The van der Waals surface area contributed by atoms with Gasteiger partial charge in [-0.1, -0.05) is 30.0 Å². The van der Waals surface area contributed by atoms with E-state index >= 15 is 0 Å². The number of hydrogen-bond donors (Lipinski definition) is 0. The average molecular weight is 304 g/mol. The largest absolute Gasteiger partial charge is 0.311 e. The topological polar surface area (TPSA) is 33.2 Å². The summed E-state index contributed by atoms with van der Waals surface area (Å²) in [6, 6.07) is 8.16. The molecule has 1 unspecified atom stereocenters. The molecule has 1 aliphatic rings. The van der Waals surface area contributed by atoms with Crippen LogP contribution in [0, 0.1) is 6.92 Å². The maximum atomic E-state index is 12.6. The van der Waals surface area contributed by atoms with E-state index in [0.29, 0.717) is 0 Å². The summed E-state index contributed by atoms with van der Waals surface area (Å²) in [4.78, 5) is 18.9. The van der Waals surface area contributed by atoms with Gasteiger partial charge < -0.3 is 4.90 Å². The van der Waals surface area contributed by atoms with Crippen molar-refractivity contribution in [3.63, 3.8) is 0 Å². The zero-order chi connectivity index (χ0) is 14.1. The van der Waals surface area contributed by atoms with Crippen LogP contribution in [0.1, 0.15) is 18.2 Å². The van der Waals surface area contributed by atoms with E-state index in [1.807, 2.05) is 42.3 Å². The normalized spacial score (nSPS) is 15.2. The van der Waals surface area contributed by atoms with E-state index in [0.717, 1.165) is 28.7 Å². The molecule has 1 amide bonds. The quantitative estimate of drug-likeness (QED) is 0.813. The lowest BCUT2D eigenvalue weighted by Crippen LogP contribution is -2.35. The number of hydrogen-bond acceptors (Lipinski definition) is 4. The minimum atomic E-state index is -0.105. The maximum absolute atomic E-state index is 12.6. The number of nitrogens with zero attached hydrogens (tertiary/aromatic N) is 2. The zero-order valence-electron chi connectivity index (χ0n) is 11.5. The van der Waals surface area contributed by atoms with Crippen LogP contribution in [0.15, 0.2) is 34.0 Å². The Kier molecular flexibility index (Phi) is 3.81. The molecule has 0 spiro atoms. The Balaban J connectivity index is 1.73. The average Bonchev–Trinajstić information content (AvgIpc) is 3.04. The fraction of sp³-hybridized carbons (Fsp3) is 0.333. The standard InChI is InChI=1S/C15H16N2OS2/c1-10-9-19-15(16-10)20-11(2)14(18)17-8-7-12-5-3-4-6-13(12)17/h3-6,9,11H,7-8H2,1-2H3. The van der Waals surface area contributed by atoms with Gasteiger partial charge in [0.25, 0.3) is 0 Å². The second kappa shape index (κ2) is 5.58. The van der Waals surface area contributed by atoms with E-state index in [9.17, 15) is 4.79 Å². The molecular weight excluding hydrogens is 288 g/mol. The van der Waals surface area contributed by atoms with Crippen molar-refractivity contribution in [1.82, 2.24) is 4.98 Å². The zero-order valence-corrected chi connectivity index (χ0v) is 13.1. The van der Waals surface area contributed by atoms with Gasteiger partial charge in [0.15, 0.2) is 4.34 Å². The number of fused-ring (bicyclic) bond motifs is 1. The van der Waals surface area contributed by atoms with Gasteiger partial charge in [0.05, 0.1) is 5.25 Å². The molecule has 3 nitrogen and oxygen atoms in total. The van der Waals surface area contributed by atoms with Crippen molar-refractivity contribution in [3.05, 3.63) is 40.9 Å². The van der Waals surface area contributed by atoms with Crippen LogP contribution < -0.4 is 4.90 Å². The van der Waals surface area contributed by atoms with E-state index in [4.69, 9.17) is 0 Å². The maximum Gasteiger partial charge on any atom is 0.240 e. The first-order valence-corrected chi connectivity index (χ1v) is 8.39. The van der Waals surface area contributed by atoms with Crippen LogP contribution in [0.4, 0.5) is 5.69 Å². The molecular formula is C15H16N2OS2. The van der Waals surface area contributed by atoms with Crippen molar-refractivity contribution in [2.24, 2.45) is 0 Å². The van der Waals surface area contributed by atoms with Crippen molar-refractivity contribution < 1.29 is 4.79 Å². The number of benzene rings is 1. The van der Waals surface area contributed by atoms with Gasteiger partial charge in [0.2, 0.25) is 5.91 Å². The van der Waals surface area contributed by atoms with E-state index < -0.39 is 0 Å². The molecule has 0 N–H and O–H groups in total. The number of carbonyl (C=O) groups excluding carboxylic acids is 1. The first-order chi connectivity index (χ1) is 9.65. The van der Waals surface area contributed by atoms with Crippen LogP contribution in [-0.2, 0) is 11.2 Å². The summed E-state index contributed by atoms with van der Waals surface area (Å²) < 4.78 is 0.968. The number of amides is 1. The minimum Gasteiger partial charge on any atom is -0.311 e. The van der Waals surface area contributed by atoms with Gasteiger partial charge in [-0.05, 0) is 31.9 Å². The molecule has 0 bridgehead atoms. The van der Waals surface area contributed by atoms with Gasteiger partial charge in [-0.3, -0.25) is 4.79 Å². The molecule has 1 aromatic carbocycles. The molecule has 0 fully saturated rings. The van der Waals surface area contributed by atoms with E-state index in [1.54, 1.807) is 23.1 Å². The molecule has 0 saturated heterocycles. The Labute approximate surface area is 127 Å². The van der Waals surface area contributed by atoms with Gasteiger partial charge >= 0.3 is 0 Å². The molecule has 1 aliphatic heterocycles. The highest BCUT2D eigenvalue weighted by Gasteiger charge is 2.28. The van der Waals surface area contributed by atoms with Crippen molar-refractivity contribution in [1.29, 1.82) is 0 Å². The molecule has 20 heavy (non-hydrogen) atoms. The smallest absolute Gasteiger partial charge is 0.240 e. The molecule has 2 aromatic rings. The number of anilines is 1. The Morgan fingerprint density at radius 3 is 3.00 bits per heavy atom. The second-order valence-electron chi connectivity index (χ2n) is 4.88. The van der Waals surface area contributed by atoms with Crippen LogP contribution in [0.3, 0.4) is 0 Å². The lowest BCUT2D eigenvalue weighted by Gasteiger charge is -2.20. The summed E-state index contributed by atoms with van der Waals surface area (Å²) in [6.07, 6.45) is 0.954. The SMILES string of the molecule is Cc1csc(SC(C)C(=O)N2CCc3ccccc32)n1. The Bertz CT molecular complexity index is 638. The van der Waals surface area contributed by atoms with Crippen LogP contribution in [0.2, 0.25) is 0 Å². The number of para-hydroxylation sites is 1. The fourth-order valence-corrected chi connectivity index (χ4v) is 4.42. The van der Waals surface area contributed by atoms with Crippen LogP contribution in [0.25, 0.3) is 0 Å². The minimum absolute atomic E-state index is 0.105. The summed E-state index contributed by atoms with van der Waals surface area (Å²) in [6.45, 7) is 4.73. The molecule has 1 atom stereocenters. The van der Waals surface area contributed by atoms with Gasteiger partial charge in [0.1, 0.15) is 0 Å². The third-order valence-corrected chi connectivity index (χ3v) is 5.55. The molecule has 5 heteroatoms. The second-order valence-corrected chi connectivity index (χ2v) is 7.33. The Morgan fingerprint density at radius 2 is 2.25 bits per heavy atom. The van der Waals surface area contributed by atoms with Gasteiger partial charge in [-0.25, -0.2) is 4.98 Å². The molecule has 1 aromatic heterocycles. The molecule has 3 rings (SSSR count). The highest BCUT2D eigenvalue weighted by atomic mass is 32.2. The third-order valence-electron chi connectivity index (χ3n) is 3.38. The number of thioether (sulfide) groups is 1. The summed E-state index contributed by atoms with van der Waals surface area (Å²) in [5.41, 5.74) is 3.35. The monoisotopic (exact) mass is 304 g/mol. The van der Waals surface area contributed by atoms with Crippen molar-refractivity contribution in [3.8, 4) is 0 Å². The summed E-state index contributed by atoms with van der Waals surface area (Å²) in [7, 11) is 0. The number of aromatic nitrogens is 1. The van der Waals surface area contributed by atoms with Crippen LogP contribution in [-0.4, -0.2) is 22.7 Å². The van der Waals surface area contributed by atoms with Crippen molar-refractivity contribution >= 4 is 34.7 Å². The molecule has 0 aliphatic carbocycles. The predicted molar refractivity (Wildman–Crippen MR) is 84.7 cm³/mol. The van der Waals surface area contributed by atoms with Crippen LogP contribution >= 0.6 is 23.1 Å². The number of thiazole rings is 1. The molecule has 0 saturated carbocycles. The Morgan fingerprint density at radius 1 is 1.45 bits per heavy atom. The highest BCUT2D eigenvalue weighted by Crippen LogP contribution is 2.32. The number of rotatable bonds is 3. The summed E-state index contributed by atoms with van der Waals surface area (Å²) >= 11 is 3.15. The lowest BCUT2D eigenvalue weighted by molar-refractivity contribution is -0.117. The summed E-state index contributed by atoms with van der Waals surface area (Å²) in [5, 5.41) is 1.91. The van der Waals surface area contributed by atoms with Gasteiger partial charge in [-0.2, -0.15) is 0 Å².